The average Bonchev–Trinajstić information content (AvgIpc) is 2.51. The highest BCUT2D eigenvalue weighted by Gasteiger charge is 2.54. The number of carbonyl (C=O) groups is 2. The molecular formula is C19H32N2O3. The van der Waals surface area contributed by atoms with Gasteiger partial charge in [-0.25, -0.2) is 0 Å². The molecule has 1 atom stereocenters. The van der Waals surface area contributed by atoms with E-state index in [0.717, 1.165) is 37.0 Å². The molecule has 5 heteroatoms. The number of aliphatic hydroxyl groups is 1. The van der Waals surface area contributed by atoms with E-state index in [1.807, 2.05) is 13.8 Å². The molecule has 1 unspecified atom stereocenters. The predicted octanol–water partition coefficient (Wildman–Crippen LogP) is 1.84. The molecule has 0 aliphatic heterocycles. The lowest BCUT2D eigenvalue weighted by Gasteiger charge is -2.55. The number of amides is 2. The second-order valence-corrected chi connectivity index (χ2v) is 8.82. The number of hydrogen-bond donors (Lipinski definition) is 3. The number of carbonyl (C=O) groups excluding carboxylic acids is 2. The predicted molar refractivity (Wildman–Crippen MR) is 92.1 cm³/mol. The van der Waals surface area contributed by atoms with E-state index < -0.39 is 6.10 Å². The quantitative estimate of drug-likeness (QED) is 0.664. The molecule has 4 bridgehead atoms. The fraction of sp³-hybridized carbons (Fsp3) is 0.895. The van der Waals surface area contributed by atoms with Crippen molar-refractivity contribution in [3.63, 3.8) is 0 Å². The smallest absolute Gasteiger partial charge is 0.226 e. The molecule has 2 amide bonds. The maximum absolute atomic E-state index is 12.8. The fourth-order valence-electron chi connectivity index (χ4n) is 5.41. The second-order valence-electron chi connectivity index (χ2n) is 8.82. The maximum Gasteiger partial charge on any atom is 0.226 e. The fourth-order valence-corrected chi connectivity index (χ4v) is 5.41. The van der Waals surface area contributed by atoms with Gasteiger partial charge in [0.05, 0.1) is 6.10 Å². The molecule has 0 saturated heterocycles. The summed E-state index contributed by atoms with van der Waals surface area (Å²) < 4.78 is 0. The Bertz CT molecular complexity index is 454. The lowest BCUT2D eigenvalue weighted by Crippen LogP contribution is -2.53. The molecule has 0 radical (unpaired) electrons. The Morgan fingerprint density at radius 2 is 1.58 bits per heavy atom. The Balaban J connectivity index is 1.41. The summed E-state index contributed by atoms with van der Waals surface area (Å²) in [4.78, 5) is 24.6. The molecule has 0 aromatic carbocycles. The molecule has 4 aliphatic carbocycles. The Hall–Kier alpha value is -1.10. The van der Waals surface area contributed by atoms with Crippen molar-refractivity contribution >= 4 is 11.8 Å². The third-order valence-corrected chi connectivity index (χ3v) is 6.44. The van der Waals surface area contributed by atoms with Gasteiger partial charge in [-0.15, -0.1) is 0 Å². The van der Waals surface area contributed by atoms with Crippen LogP contribution in [0.2, 0.25) is 0 Å². The van der Waals surface area contributed by atoms with E-state index in [9.17, 15) is 14.7 Å². The molecule has 3 N–H and O–H groups in total. The highest BCUT2D eigenvalue weighted by atomic mass is 16.3. The largest absolute Gasteiger partial charge is 0.391 e. The van der Waals surface area contributed by atoms with E-state index in [1.165, 1.54) is 19.3 Å². The molecule has 0 aromatic heterocycles. The molecule has 0 aromatic rings. The van der Waals surface area contributed by atoms with Gasteiger partial charge in [0.25, 0.3) is 0 Å². The summed E-state index contributed by atoms with van der Waals surface area (Å²) in [6.07, 6.45) is 6.90. The minimum atomic E-state index is -0.518. The Kier molecular flexibility index (Phi) is 5.19. The first-order valence-corrected chi connectivity index (χ1v) is 9.61. The zero-order valence-corrected chi connectivity index (χ0v) is 15.0. The van der Waals surface area contributed by atoms with Crippen molar-refractivity contribution in [2.45, 2.75) is 64.9 Å². The van der Waals surface area contributed by atoms with Crippen LogP contribution in [0.3, 0.4) is 0 Å². The first-order valence-electron chi connectivity index (χ1n) is 9.61. The summed E-state index contributed by atoms with van der Waals surface area (Å²) in [6, 6.07) is 0. The topological polar surface area (TPSA) is 78.4 Å². The van der Waals surface area contributed by atoms with Crippen molar-refractivity contribution < 1.29 is 14.7 Å². The van der Waals surface area contributed by atoms with Crippen LogP contribution < -0.4 is 10.6 Å². The molecule has 0 spiro atoms. The van der Waals surface area contributed by atoms with Crippen LogP contribution in [0.4, 0.5) is 0 Å². The molecule has 4 fully saturated rings. The minimum absolute atomic E-state index is 0.111. The SMILES string of the molecule is CC(C)C(O)CNC(=O)CCNC(=O)C12CC3CC(CC(C3)C1)C2. The highest BCUT2D eigenvalue weighted by Crippen LogP contribution is 2.60. The van der Waals surface area contributed by atoms with Gasteiger partial charge in [0.15, 0.2) is 0 Å². The van der Waals surface area contributed by atoms with Crippen LogP contribution in [0, 0.1) is 29.1 Å². The Morgan fingerprint density at radius 3 is 2.08 bits per heavy atom. The lowest BCUT2D eigenvalue weighted by molar-refractivity contribution is -0.146. The summed E-state index contributed by atoms with van der Waals surface area (Å²) in [5.41, 5.74) is -0.140. The van der Waals surface area contributed by atoms with Crippen molar-refractivity contribution in [1.82, 2.24) is 10.6 Å². The summed E-state index contributed by atoms with van der Waals surface area (Å²) in [5, 5.41) is 15.5. The van der Waals surface area contributed by atoms with Crippen LogP contribution in [0.25, 0.3) is 0 Å². The van der Waals surface area contributed by atoms with Gasteiger partial charge in [0.2, 0.25) is 11.8 Å². The van der Waals surface area contributed by atoms with Crippen molar-refractivity contribution in [3.8, 4) is 0 Å². The van der Waals surface area contributed by atoms with Gasteiger partial charge in [-0.1, -0.05) is 13.8 Å². The zero-order chi connectivity index (χ0) is 17.3. The van der Waals surface area contributed by atoms with Crippen molar-refractivity contribution in [2.24, 2.45) is 29.1 Å². The monoisotopic (exact) mass is 336 g/mol. The van der Waals surface area contributed by atoms with E-state index >= 15 is 0 Å². The molecule has 4 rings (SSSR count). The molecule has 4 saturated carbocycles. The molecule has 0 heterocycles. The number of rotatable bonds is 7. The van der Waals surface area contributed by atoms with Gasteiger partial charge in [-0.3, -0.25) is 9.59 Å². The number of hydrogen-bond acceptors (Lipinski definition) is 3. The normalized spacial score (nSPS) is 35.1. The Labute approximate surface area is 145 Å². The second kappa shape index (κ2) is 7.03. The Morgan fingerprint density at radius 1 is 1.04 bits per heavy atom. The van der Waals surface area contributed by atoms with Crippen molar-refractivity contribution in [1.29, 1.82) is 0 Å². The zero-order valence-electron chi connectivity index (χ0n) is 15.0. The van der Waals surface area contributed by atoms with E-state index in [-0.39, 0.29) is 36.1 Å². The average molecular weight is 336 g/mol. The maximum atomic E-state index is 12.8. The van der Waals surface area contributed by atoms with Crippen LogP contribution in [0.15, 0.2) is 0 Å². The standard InChI is InChI=1S/C19H32N2O3/c1-12(2)16(22)11-21-17(23)3-4-20-18(24)19-8-13-5-14(9-19)7-15(6-13)10-19/h12-16,22H,3-11H2,1-2H3,(H,20,24)(H,21,23). The third-order valence-electron chi connectivity index (χ3n) is 6.44. The van der Waals surface area contributed by atoms with Crippen LogP contribution in [-0.2, 0) is 9.59 Å². The summed E-state index contributed by atoms with van der Waals surface area (Å²) in [5.74, 6) is 2.45. The first kappa shape index (κ1) is 17.7. The highest BCUT2D eigenvalue weighted by molar-refractivity contribution is 5.84. The molecule has 4 aliphatic rings. The van der Waals surface area contributed by atoms with Crippen LogP contribution >= 0.6 is 0 Å². The van der Waals surface area contributed by atoms with Gasteiger partial charge in [0, 0.05) is 24.9 Å². The summed E-state index contributed by atoms with van der Waals surface area (Å²) in [7, 11) is 0. The number of aliphatic hydroxyl groups excluding tert-OH is 1. The molecule has 24 heavy (non-hydrogen) atoms. The van der Waals surface area contributed by atoms with Gasteiger partial charge >= 0.3 is 0 Å². The van der Waals surface area contributed by atoms with E-state index in [1.54, 1.807) is 0 Å². The van der Waals surface area contributed by atoms with Gasteiger partial charge < -0.3 is 15.7 Å². The van der Waals surface area contributed by atoms with E-state index in [4.69, 9.17) is 0 Å². The van der Waals surface area contributed by atoms with Crippen LogP contribution in [-0.4, -0.2) is 36.1 Å². The van der Waals surface area contributed by atoms with E-state index in [0.29, 0.717) is 6.54 Å². The third kappa shape index (κ3) is 3.76. The van der Waals surface area contributed by atoms with Gasteiger partial charge in [0.1, 0.15) is 0 Å². The van der Waals surface area contributed by atoms with E-state index in [2.05, 4.69) is 10.6 Å². The van der Waals surface area contributed by atoms with Gasteiger partial charge in [-0.05, 0) is 62.2 Å². The summed E-state index contributed by atoms with van der Waals surface area (Å²) >= 11 is 0. The van der Waals surface area contributed by atoms with Crippen molar-refractivity contribution in [2.75, 3.05) is 13.1 Å². The summed E-state index contributed by atoms with van der Waals surface area (Å²) in [6.45, 7) is 4.51. The van der Waals surface area contributed by atoms with Crippen LogP contribution in [0.5, 0.6) is 0 Å². The lowest BCUT2D eigenvalue weighted by atomic mass is 9.49. The molecular weight excluding hydrogens is 304 g/mol. The molecule has 5 nitrogen and oxygen atoms in total. The molecule has 136 valence electrons. The number of nitrogens with one attached hydrogen (secondary N) is 2. The van der Waals surface area contributed by atoms with Gasteiger partial charge in [-0.2, -0.15) is 0 Å². The first-order chi connectivity index (χ1) is 11.4. The minimum Gasteiger partial charge on any atom is -0.391 e. The van der Waals surface area contributed by atoms with Crippen LogP contribution in [0.1, 0.15) is 58.8 Å². The van der Waals surface area contributed by atoms with Crippen molar-refractivity contribution in [3.05, 3.63) is 0 Å².